The lowest BCUT2D eigenvalue weighted by Crippen LogP contribution is -2.44. The second-order valence-corrected chi connectivity index (χ2v) is 6.71. The van der Waals surface area contributed by atoms with E-state index < -0.39 is 15.9 Å². The van der Waals surface area contributed by atoms with Crippen LogP contribution in [0, 0.1) is 0 Å². The van der Waals surface area contributed by atoms with Gasteiger partial charge in [-0.2, -0.15) is 4.31 Å². The highest BCUT2D eigenvalue weighted by Crippen LogP contribution is 2.25. The van der Waals surface area contributed by atoms with Crippen molar-refractivity contribution in [1.82, 2.24) is 4.31 Å². The Bertz CT molecular complexity index is 644. The Morgan fingerprint density at radius 3 is 2.76 bits per heavy atom. The highest BCUT2D eigenvalue weighted by molar-refractivity contribution is 7.89. The standard InChI is InChI=1S/C13H18N2O5S/c1-9-8-15(5-6-20-9)21(17,18)10-3-4-12(19-2)11(7-10)13(14)16/h3-4,7,9H,5-6,8H2,1-2H3,(H2,14,16)/t9-/m1/s1. The van der Waals surface area contributed by atoms with Crippen LogP contribution in [-0.4, -0.2) is 51.5 Å². The van der Waals surface area contributed by atoms with E-state index >= 15 is 0 Å². The molecule has 1 fully saturated rings. The summed E-state index contributed by atoms with van der Waals surface area (Å²) in [6.07, 6.45) is -0.164. The molecule has 1 aromatic carbocycles. The maximum absolute atomic E-state index is 12.6. The highest BCUT2D eigenvalue weighted by Gasteiger charge is 2.30. The Balaban J connectivity index is 2.40. The molecule has 116 valence electrons. The minimum Gasteiger partial charge on any atom is -0.496 e. The number of sulfonamides is 1. The van der Waals surface area contributed by atoms with Crippen molar-refractivity contribution in [2.75, 3.05) is 26.8 Å². The molecule has 1 aliphatic heterocycles. The van der Waals surface area contributed by atoms with E-state index in [0.29, 0.717) is 6.61 Å². The highest BCUT2D eigenvalue weighted by atomic mass is 32.2. The second-order valence-electron chi connectivity index (χ2n) is 4.77. The molecule has 1 heterocycles. The number of nitrogens with two attached hydrogens (primary N) is 1. The zero-order valence-electron chi connectivity index (χ0n) is 11.9. The van der Waals surface area contributed by atoms with Gasteiger partial charge in [-0.3, -0.25) is 4.79 Å². The monoisotopic (exact) mass is 314 g/mol. The van der Waals surface area contributed by atoms with Gasteiger partial charge in [0.2, 0.25) is 10.0 Å². The number of benzene rings is 1. The van der Waals surface area contributed by atoms with Crippen molar-refractivity contribution in [2.24, 2.45) is 5.73 Å². The summed E-state index contributed by atoms with van der Waals surface area (Å²) in [5.41, 5.74) is 5.30. The molecule has 0 bridgehead atoms. The molecule has 1 saturated heterocycles. The number of carbonyl (C=O) groups is 1. The summed E-state index contributed by atoms with van der Waals surface area (Å²) in [5.74, 6) is -0.490. The number of morpholine rings is 1. The minimum absolute atomic E-state index is 0.0196. The molecule has 8 heteroatoms. The molecule has 7 nitrogen and oxygen atoms in total. The van der Waals surface area contributed by atoms with E-state index in [-0.39, 0.29) is 35.4 Å². The van der Waals surface area contributed by atoms with Crippen LogP contribution < -0.4 is 10.5 Å². The maximum Gasteiger partial charge on any atom is 0.252 e. The van der Waals surface area contributed by atoms with Gasteiger partial charge in [-0.25, -0.2) is 8.42 Å². The first-order chi connectivity index (χ1) is 9.86. The lowest BCUT2D eigenvalue weighted by molar-refractivity contribution is 0.0102. The first-order valence-electron chi connectivity index (χ1n) is 6.46. The van der Waals surface area contributed by atoms with E-state index in [1.54, 1.807) is 0 Å². The molecule has 2 rings (SSSR count). The quantitative estimate of drug-likeness (QED) is 0.856. The summed E-state index contributed by atoms with van der Waals surface area (Å²) in [6, 6.07) is 4.08. The van der Waals surface area contributed by atoms with Gasteiger partial charge >= 0.3 is 0 Å². The number of carbonyl (C=O) groups excluding carboxylic acids is 1. The van der Waals surface area contributed by atoms with Crippen LogP contribution in [0.4, 0.5) is 0 Å². The van der Waals surface area contributed by atoms with E-state index in [4.69, 9.17) is 15.2 Å². The van der Waals surface area contributed by atoms with Crippen molar-refractivity contribution in [3.8, 4) is 5.75 Å². The largest absolute Gasteiger partial charge is 0.496 e. The maximum atomic E-state index is 12.6. The van der Waals surface area contributed by atoms with Gasteiger partial charge in [-0.15, -0.1) is 0 Å². The Hall–Kier alpha value is -1.64. The van der Waals surface area contributed by atoms with Crippen LogP contribution >= 0.6 is 0 Å². The summed E-state index contributed by atoms with van der Waals surface area (Å²) in [5, 5.41) is 0. The van der Waals surface area contributed by atoms with Crippen molar-refractivity contribution in [1.29, 1.82) is 0 Å². The topological polar surface area (TPSA) is 98.9 Å². The van der Waals surface area contributed by atoms with Crippen molar-refractivity contribution in [3.05, 3.63) is 23.8 Å². The number of nitrogens with zero attached hydrogens (tertiary/aromatic N) is 1. The summed E-state index contributed by atoms with van der Waals surface area (Å²) in [7, 11) is -2.30. The van der Waals surface area contributed by atoms with Crippen LogP contribution in [-0.2, 0) is 14.8 Å². The lowest BCUT2D eigenvalue weighted by Gasteiger charge is -2.30. The molecule has 0 aliphatic carbocycles. The smallest absolute Gasteiger partial charge is 0.252 e. The van der Waals surface area contributed by atoms with Gasteiger partial charge in [0, 0.05) is 13.1 Å². The number of primary amides is 1. The number of rotatable bonds is 4. The summed E-state index contributed by atoms with van der Waals surface area (Å²) in [4.78, 5) is 11.4. The van der Waals surface area contributed by atoms with Gasteiger partial charge in [0.1, 0.15) is 5.75 Å². The second kappa shape index (κ2) is 6.00. The number of amides is 1. The summed E-state index contributed by atoms with van der Waals surface area (Å²) < 4.78 is 36.9. The number of hydrogen-bond acceptors (Lipinski definition) is 5. The number of ether oxygens (including phenoxy) is 2. The minimum atomic E-state index is -3.69. The van der Waals surface area contributed by atoms with E-state index in [1.807, 2.05) is 6.92 Å². The Morgan fingerprint density at radius 2 is 2.19 bits per heavy atom. The molecule has 0 spiro atoms. The van der Waals surface area contributed by atoms with Gasteiger partial charge in [0.15, 0.2) is 0 Å². The van der Waals surface area contributed by atoms with Crippen molar-refractivity contribution < 1.29 is 22.7 Å². The predicted molar refractivity (Wildman–Crippen MR) is 75.7 cm³/mol. The van der Waals surface area contributed by atoms with Crippen LogP contribution in [0.1, 0.15) is 17.3 Å². The third-order valence-electron chi connectivity index (χ3n) is 3.28. The first-order valence-corrected chi connectivity index (χ1v) is 7.90. The summed E-state index contributed by atoms with van der Waals surface area (Å²) >= 11 is 0. The normalized spacial score (nSPS) is 20.2. The molecule has 21 heavy (non-hydrogen) atoms. The van der Waals surface area contributed by atoms with Crippen molar-refractivity contribution in [3.63, 3.8) is 0 Å². The van der Waals surface area contributed by atoms with E-state index in [9.17, 15) is 13.2 Å². The molecule has 1 aliphatic rings. The fraction of sp³-hybridized carbons (Fsp3) is 0.462. The van der Waals surface area contributed by atoms with Crippen LogP contribution in [0.3, 0.4) is 0 Å². The van der Waals surface area contributed by atoms with Crippen LogP contribution in [0.5, 0.6) is 5.75 Å². The van der Waals surface area contributed by atoms with E-state index in [2.05, 4.69) is 0 Å². The summed E-state index contributed by atoms with van der Waals surface area (Å²) in [6.45, 7) is 2.72. The number of hydrogen-bond donors (Lipinski definition) is 1. The van der Waals surface area contributed by atoms with Crippen LogP contribution in [0.25, 0.3) is 0 Å². The molecule has 1 aromatic rings. The molecular formula is C13H18N2O5S. The Labute approximate surface area is 123 Å². The lowest BCUT2D eigenvalue weighted by atomic mass is 10.2. The molecule has 0 aromatic heterocycles. The van der Waals surface area contributed by atoms with Gasteiger partial charge in [-0.1, -0.05) is 0 Å². The van der Waals surface area contributed by atoms with Crippen LogP contribution in [0.15, 0.2) is 23.1 Å². The fourth-order valence-electron chi connectivity index (χ4n) is 2.19. The number of methoxy groups -OCH3 is 1. The van der Waals surface area contributed by atoms with Gasteiger partial charge in [0.25, 0.3) is 5.91 Å². The predicted octanol–water partition coefficient (Wildman–Crippen LogP) is 0.204. The van der Waals surface area contributed by atoms with Gasteiger partial charge in [0.05, 0.1) is 30.3 Å². The molecule has 0 saturated carbocycles. The van der Waals surface area contributed by atoms with Crippen molar-refractivity contribution in [2.45, 2.75) is 17.9 Å². The van der Waals surface area contributed by atoms with E-state index in [1.165, 1.54) is 29.6 Å². The zero-order chi connectivity index (χ0) is 15.6. The third kappa shape index (κ3) is 3.17. The Kier molecular flexibility index (Phi) is 4.50. The average Bonchev–Trinajstić information content (AvgIpc) is 2.46. The molecule has 0 radical (unpaired) electrons. The van der Waals surface area contributed by atoms with Crippen LogP contribution in [0.2, 0.25) is 0 Å². The Morgan fingerprint density at radius 1 is 1.48 bits per heavy atom. The molecule has 1 amide bonds. The van der Waals surface area contributed by atoms with E-state index in [0.717, 1.165) is 0 Å². The SMILES string of the molecule is COc1ccc(S(=O)(=O)N2CCO[C@H](C)C2)cc1C(N)=O. The molecule has 1 atom stereocenters. The zero-order valence-corrected chi connectivity index (χ0v) is 12.7. The molecule has 2 N–H and O–H groups in total. The fourth-order valence-corrected chi connectivity index (χ4v) is 3.72. The molecular weight excluding hydrogens is 296 g/mol. The third-order valence-corrected chi connectivity index (χ3v) is 5.14. The van der Waals surface area contributed by atoms with Gasteiger partial charge in [-0.05, 0) is 25.1 Å². The average molecular weight is 314 g/mol. The first kappa shape index (κ1) is 15.7. The molecule has 0 unspecified atom stereocenters. The van der Waals surface area contributed by atoms with Crippen molar-refractivity contribution >= 4 is 15.9 Å². The van der Waals surface area contributed by atoms with Gasteiger partial charge < -0.3 is 15.2 Å².